The van der Waals surface area contributed by atoms with E-state index in [1.165, 1.54) is 11.8 Å². The van der Waals surface area contributed by atoms with Crippen molar-refractivity contribution in [2.45, 2.75) is 12.5 Å². The molecular weight excluding hydrogens is 322 g/mol. The van der Waals surface area contributed by atoms with Crippen molar-refractivity contribution in [2.75, 3.05) is 31.0 Å². The number of rotatable bonds is 7. The molecule has 6 heteroatoms. The van der Waals surface area contributed by atoms with Crippen molar-refractivity contribution >= 4 is 22.7 Å². The van der Waals surface area contributed by atoms with Gasteiger partial charge in [0.2, 0.25) is 5.12 Å². The third-order valence-corrected chi connectivity index (χ3v) is 4.81. The fourth-order valence-corrected chi connectivity index (χ4v) is 3.30. The molecule has 1 atom stereocenters. The Morgan fingerprint density at radius 2 is 2.12 bits per heavy atom. The molecule has 126 valence electrons. The maximum absolute atomic E-state index is 11.6. The highest BCUT2D eigenvalue weighted by Gasteiger charge is 2.24. The van der Waals surface area contributed by atoms with Crippen LogP contribution in [-0.4, -0.2) is 42.2 Å². The van der Waals surface area contributed by atoms with Gasteiger partial charge in [0.15, 0.2) is 0 Å². The number of likely N-dealkylation sites (N-methyl/N-ethyl adjacent to an activating group) is 1. The van der Waals surface area contributed by atoms with Crippen molar-refractivity contribution in [1.29, 1.82) is 0 Å². The second-order valence-corrected chi connectivity index (χ2v) is 6.65. The summed E-state index contributed by atoms with van der Waals surface area (Å²) in [6.45, 7) is 1.35. The third-order valence-electron chi connectivity index (χ3n) is 3.93. The Bertz CT molecular complexity index is 664. The van der Waals surface area contributed by atoms with Crippen molar-refractivity contribution in [3.63, 3.8) is 0 Å². The molecule has 1 aliphatic heterocycles. The molecule has 0 radical (unpaired) electrons. The number of benzene rings is 1. The number of nitrogens with one attached hydrogen (secondary N) is 1. The molecule has 1 saturated heterocycles. The quantitative estimate of drug-likeness (QED) is 0.833. The average molecular weight is 343 g/mol. The summed E-state index contributed by atoms with van der Waals surface area (Å²) in [5.41, 5.74) is 1.14. The van der Waals surface area contributed by atoms with Crippen molar-refractivity contribution in [3.05, 3.63) is 54.2 Å². The fourth-order valence-electron chi connectivity index (χ4n) is 2.50. The number of carbonyl (C=O) groups is 1. The zero-order valence-corrected chi connectivity index (χ0v) is 14.5. The molecule has 0 bridgehead atoms. The van der Waals surface area contributed by atoms with E-state index in [0.717, 1.165) is 30.1 Å². The third kappa shape index (κ3) is 4.49. The monoisotopic (exact) mass is 343 g/mol. The summed E-state index contributed by atoms with van der Waals surface area (Å²) in [4.78, 5) is 18.0. The topological polar surface area (TPSA) is 54.5 Å². The number of ether oxygens (including phenoxy) is 1. The normalized spacial score (nSPS) is 17.0. The van der Waals surface area contributed by atoms with E-state index < -0.39 is 0 Å². The molecule has 3 rings (SSSR count). The Kier molecular flexibility index (Phi) is 5.72. The first kappa shape index (κ1) is 16.8. The summed E-state index contributed by atoms with van der Waals surface area (Å²) in [6, 6.07) is 13.8. The lowest BCUT2D eigenvalue weighted by Crippen LogP contribution is -2.29. The van der Waals surface area contributed by atoms with Gasteiger partial charge in [0, 0.05) is 13.2 Å². The first-order valence-corrected chi connectivity index (χ1v) is 8.95. The number of anilines is 1. The van der Waals surface area contributed by atoms with E-state index in [-0.39, 0.29) is 11.2 Å². The number of pyridine rings is 1. The molecule has 2 heterocycles. The minimum absolute atomic E-state index is 0.0613. The molecule has 1 aromatic carbocycles. The van der Waals surface area contributed by atoms with Crippen LogP contribution in [0, 0.1) is 0 Å². The van der Waals surface area contributed by atoms with Crippen LogP contribution in [0.5, 0.6) is 5.75 Å². The molecule has 24 heavy (non-hydrogen) atoms. The van der Waals surface area contributed by atoms with Gasteiger partial charge < -0.3 is 9.64 Å². The average Bonchev–Trinajstić information content (AvgIpc) is 3.02. The lowest BCUT2D eigenvalue weighted by Gasteiger charge is -2.18. The van der Waals surface area contributed by atoms with E-state index in [1.807, 2.05) is 49.5 Å². The van der Waals surface area contributed by atoms with Gasteiger partial charge in [-0.05, 0) is 36.2 Å². The summed E-state index contributed by atoms with van der Waals surface area (Å²) in [5.74, 6) is 2.49. The highest BCUT2D eigenvalue weighted by atomic mass is 32.2. The van der Waals surface area contributed by atoms with Gasteiger partial charge >= 0.3 is 0 Å². The Balaban J connectivity index is 1.45. The van der Waals surface area contributed by atoms with E-state index in [4.69, 9.17) is 4.74 Å². The predicted octanol–water partition coefficient (Wildman–Crippen LogP) is 2.33. The van der Waals surface area contributed by atoms with E-state index in [1.54, 1.807) is 6.20 Å². The molecular formula is C18H21N3O2S. The van der Waals surface area contributed by atoms with Crippen LogP contribution in [0.1, 0.15) is 5.56 Å². The maximum Gasteiger partial charge on any atom is 0.207 e. The first-order chi connectivity index (χ1) is 11.7. The lowest BCUT2D eigenvalue weighted by atomic mass is 10.1. The van der Waals surface area contributed by atoms with E-state index in [9.17, 15) is 4.79 Å². The fraction of sp³-hybridized carbons (Fsp3) is 0.333. The second-order valence-electron chi connectivity index (χ2n) is 5.67. The zero-order chi connectivity index (χ0) is 16.8. The molecule has 1 aromatic heterocycles. The van der Waals surface area contributed by atoms with Gasteiger partial charge in [0.1, 0.15) is 18.2 Å². The van der Waals surface area contributed by atoms with Crippen LogP contribution in [0.2, 0.25) is 0 Å². The number of hydrogen-bond donors (Lipinski definition) is 1. The molecule has 1 N–H and O–H groups in total. The van der Waals surface area contributed by atoms with Gasteiger partial charge in [0.25, 0.3) is 0 Å². The minimum Gasteiger partial charge on any atom is -0.492 e. The van der Waals surface area contributed by atoms with Crippen LogP contribution in [0.4, 0.5) is 5.82 Å². The molecule has 1 aliphatic rings. The van der Waals surface area contributed by atoms with Gasteiger partial charge in [0.05, 0.1) is 18.5 Å². The largest absolute Gasteiger partial charge is 0.492 e. The number of hydrogen-bond acceptors (Lipinski definition) is 6. The molecule has 1 fully saturated rings. The van der Waals surface area contributed by atoms with Crippen molar-refractivity contribution in [3.8, 4) is 5.75 Å². The molecule has 0 spiro atoms. The summed E-state index contributed by atoms with van der Waals surface area (Å²) < 4.78 is 5.79. The number of nitrogens with zero attached hydrogens (tertiary/aromatic N) is 2. The number of aromatic nitrogens is 1. The SMILES string of the molecule is CN(CCOc1ccc(CC2NCSC2=O)cc1)c1ccccn1. The highest BCUT2D eigenvalue weighted by Crippen LogP contribution is 2.18. The Labute approximate surface area is 146 Å². The molecule has 5 nitrogen and oxygen atoms in total. The molecule has 2 aromatic rings. The predicted molar refractivity (Wildman–Crippen MR) is 97.5 cm³/mol. The van der Waals surface area contributed by atoms with Gasteiger partial charge in [-0.3, -0.25) is 10.1 Å². The van der Waals surface area contributed by atoms with Crippen LogP contribution in [0.15, 0.2) is 48.7 Å². The molecule has 0 saturated carbocycles. The zero-order valence-electron chi connectivity index (χ0n) is 13.6. The Morgan fingerprint density at radius 3 is 2.79 bits per heavy atom. The lowest BCUT2D eigenvalue weighted by molar-refractivity contribution is -0.112. The van der Waals surface area contributed by atoms with Crippen molar-refractivity contribution in [2.24, 2.45) is 0 Å². The Hall–Kier alpha value is -2.05. The van der Waals surface area contributed by atoms with Crippen LogP contribution in [0.3, 0.4) is 0 Å². The highest BCUT2D eigenvalue weighted by molar-refractivity contribution is 8.14. The minimum atomic E-state index is -0.0613. The summed E-state index contributed by atoms with van der Waals surface area (Å²) in [5, 5.41) is 3.43. The van der Waals surface area contributed by atoms with Gasteiger partial charge in [-0.15, -0.1) is 0 Å². The smallest absolute Gasteiger partial charge is 0.207 e. The van der Waals surface area contributed by atoms with E-state index >= 15 is 0 Å². The van der Waals surface area contributed by atoms with Crippen LogP contribution in [-0.2, 0) is 11.2 Å². The Morgan fingerprint density at radius 1 is 1.29 bits per heavy atom. The van der Waals surface area contributed by atoms with Gasteiger partial charge in [-0.2, -0.15) is 0 Å². The second kappa shape index (κ2) is 8.17. The molecule has 0 amide bonds. The van der Waals surface area contributed by atoms with E-state index in [0.29, 0.717) is 12.5 Å². The van der Waals surface area contributed by atoms with Gasteiger partial charge in [-0.1, -0.05) is 30.0 Å². The van der Waals surface area contributed by atoms with Crippen molar-refractivity contribution in [1.82, 2.24) is 10.3 Å². The van der Waals surface area contributed by atoms with E-state index in [2.05, 4.69) is 15.2 Å². The standard InChI is InChI=1S/C18H21N3O2S/c1-21(17-4-2-3-9-19-17)10-11-23-15-7-5-14(6-8-15)12-16-18(22)24-13-20-16/h2-9,16,20H,10-13H2,1H3. The molecule has 1 unspecified atom stereocenters. The number of carbonyl (C=O) groups excluding carboxylic acids is 1. The molecule has 0 aliphatic carbocycles. The maximum atomic E-state index is 11.6. The van der Waals surface area contributed by atoms with Crippen LogP contribution >= 0.6 is 11.8 Å². The first-order valence-electron chi connectivity index (χ1n) is 7.96. The van der Waals surface area contributed by atoms with Crippen LogP contribution < -0.4 is 15.0 Å². The summed E-state index contributed by atoms with van der Waals surface area (Å²) >= 11 is 1.36. The number of thioether (sulfide) groups is 1. The summed E-state index contributed by atoms with van der Waals surface area (Å²) in [7, 11) is 2.00. The summed E-state index contributed by atoms with van der Waals surface area (Å²) in [6.07, 6.45) is 2.52. The van der Waals surface area contributed by atoms with Crippen molar-refractivity contribution < 1.29 is 9.53 Å². The van der Waals surface area contributed by atoms with Crippen LogP contribution in [0.25, 0.3) is 0 Å². The van der Waals surface area contributed by atoms with Gasteiger partial charge in [-0.25, -0.2) is 4.98 Å².